The quantitative estimate of drug-likeness (QED) is 0.768. The zero-order chi connectivity index (χ0) is 13.5. The van der Waals surface area contributed by atoms with Crippen LogP contribution in [0.5, 0.6) is 0 Å². The Morgan fingerprint density at radius 1 is 1.10 bits per heavy atom. The Hall–Kier alpha value is -0.830. The number of nitrogens with zero attached hydrogens (tertiary/aromatic N) is 1. The van der Waals surface area contributed by atoms with Crippen LogP contribution in [0, 0.1) is 11.8 Å². The molecule has 1 aliphatic heterocycles. The Labute approximate surface area is 125 Å². The number of rotatable bonds is 1. The van der Waals surface area contributed by atoms with Crippen molar-refractivity contribution in [1.29, 1.82) is 0 Å². The van der Waals surface area contributed by atoms with Crippen molar-refractivity contribution in [2.45, 2.75) is 51.4 Å². The first-order chi connectivity index (χ1) is 9.81. The smallest absolute Gasteiger partial charge is 0.263 e. The van der Waals surface area contributed by atoms with Crippen LogP contribution in [0.25, 0.3) is 0 Å². The number of hydrogen-bond acceptors (Lipinski definition) is 2. The van der Waals surface area contributed by atoms with Crippen LogP contribution in [0.3, 0.4) is 0 Å². The van der Waals surface area contributed by atoms with Gasteiger partial charge in [0.15, 0.2) is 0 Å². The van der Waals surface area contributed by atoms with Crippen molar-refractivity contribution < 1.29 is 4.79 Å². The van der Waals surface area contributed by atoms with Crippen molar-refractivity contribution in [2.75, 3.05) is 13.1 Å². The molecule has 0 radical (unpaired) electrons. The maximum Gasteiger partial charge on any atom is 0.263 e. The molecule has 1 aromatic heterocycles. The van der Waals surface area contributed by atoms with Gasteiger partial charge in [-0.05, 0) is 55.6 Å². The van der Waals surface area contributed by atoms with E-state index in [2.05, 4.69) is 11.0 Å². The van der Waals surface area contributed by atoms with E-state index < -0.39 is 0 Å². The van der Waals surface area contributed by atoms with E-state index in [1.165, 1.54) is 61.8 Å². The number of piperidine rings is 1. The van der Waals surface area contributed by atoms with Crippen LogP contribution in [0.1, 0.15) is 58.6 Å². The van der Waals surface area contributed by atoms with Gasteiger partial charge in [-0.25, -0.2) is 0 Å². The highest BCUT2D eigenvalue weighted by Crippen LogP contribution is 2.37. The molecule has 2 nitrogen and oxygen atoms in total. The fourth-order valence-corrected chi connectivity index (χ4v) is 5.60. The number of likely N-dealkylation sites (tertiary alicyclic amines) is 1. The second kappa shape index (κ2) is 5.18. The average Bonchev–Trinajstić information content (AvgIpc) is 3.07. The van der Waals surface area contributed by atoms with Gasteiger partial charge in [0.2, 0.25) is 0 Å². The molecule has 0 spiro atoms. The highest BCUT2D eigenvalue weighted by atomic mass is 32.1. The lowest BCUT2D eigenvalue weighted by atomic mass is 9.75. The van der Waals surface area contributed by atoms with Crippen molar-refractivity contribution in [1.82, 2.24) is 4.90 Å². The largest absolute Gasteiger partial charge is 0.338 e. The molecule has 4 rings (SSSR count). The monoisotopic (exact) mass is 289 g/mol. The van der Waals surface area contributed by atoms with Gasteiger partial charge < -0.3 is 4.90 Å². The Bertz CT molecular complexity index is 500. The number of carbonyl (C=O) groups is 1. The first-order valence-electron chi connectivity index (χ1n) is 8.22. The van der Waals surface area contributed by atoms with Gasteiger partial charge in [-0.15, -0.1) is 11.3 Å². The maximum absolute atomic E-state index is 12.7. The Kier molecular flexibility index (Phi) is 3.33. The molecule has 1 saturated heterocycles. The Balaban J connectivity index is 1.48. The minimum atomic E-state index is 0.313. The molecule has 2 aliphatic carbocycles. The van der Waals surface area contributed by atoms with Crippen LogP contribution in [-0.2, 0) is 12.8 Å². The standard InChI is InChI=1S/C17H23NOS/c19-17(16-10-13-6-3-7-15(13)20-16)18-9-8-12-4-1-2-5-14(12)11-18/h10,12,14H,1-9,11H2/t12-,14-/m0/s1. The van der Waals surface area contributed by atoms with Gasteiger partial charge in [-0.1, -0.05) is 19.3 Å². The summed E-state index contributed by atoms with van der Waals surface area (Å²) in [5, 5.41) is 0. The van der Waals surface area contributed by atoms with Crippen molar-refractivity contribution in [3.8, 4) is 0 Å². The molecular formula is C17H23NOS. The third-order valence-corrected chi connectivity index (χ3v) is 6.76. The molecule has 2 fully saturated rings. The van der Waals surface area contributed by atoms with Gasteiger partial charge in [0.25, 0.3) is 5.91 Å². The highest BCUT2D eigenvalue weighted by Gasteiger charge is 2.33. The SMILES string of the molecule is O=C(c1cc2c(s1)CCC2)N1CC[C@@H]2CCCC[C@H]2C1. The molecule has 0 N–H and O–H groups in total. The van der Waals surface area contributed by atoms with E-state index >= 15 is 0 Å². The average molecular weight is 289 g/mol. The first-order valence-corrected chi connectivity index (χ1v) is 9.04. The lowest BCUT2D eigenvalue weighted by molar-refractivity contribution is 0.0525. The van der Waals surface area contributed by atoms with Crippen LogP contribution < -0.4 is 0 Å². The van der Waals surface area contributed by atoms with Crippen LogP contribution >= 0.6 is 11.3 Å². The van der Waals surface area contributed by atoms with Crippen molar-refractivity contribution in [3.05, 3.63) is 21.4 Å². The zero-order valence-corrected chi connectivity index (χ0v) is 12.9. The molecule has 0 unspecified atom stereocenters. The van der Waals surface area contributed by atoms with Gasteiger partial charge in [-0.2, -0.15) is 0 Å². The lowest BCUT2D eigenvalue weighted by Crippen LogP contribution is -2.44. The number of hydrogen-bond donors (Lipinski definition) is 0. The van der Waals surface area contributed by atoms with Gasteiger partial charge in [0.1, 0.15) is 0 Å². The lowest BCUT2D eigenvalue weighted by Gasteiger charge is -2.41. The van der Waals surface area contributed by atoms with Gasteiger partial charge in [-0.3, -0.25) is 4.79 Å². The van der Waals surface area contributed by atoms with E-state index in [1.54, 1.807) is 11.3 Å². The van der Waals surface area contributed by atoms with Crippen LogP contribution in [0.2, 0.25) is 0 Å². The van der Waals surface area contributed by atoms with Gasteiger partial charge in [0.05, 0.1) is 4.88 Å². The number of aryl methyl sites for hydroxylation is 2. The normalized spacial score (nSPS) is 29.1. The van der Waals surface area contributed by atoms with Gasteiger partial charge >= 0.3 is 0 Å². The molecule has 0 bridgehead atoms. The maximum atomic E-state index is 12.7. The van der Waals surface area contributed by atoms with Crippen LogP contribution in [0.4, 0.5) is 0 Å². The summed E-state index contributed by atoms with van der Waals surface area (Å²) < 4.78 is 0. The molecule has 1 saturated carbocycles. The third-order valence-electron chi connectivity index (χ3n) is 5.54. The molecule has 3 heteroatoms. The summed E-state index contributed by atoms with van der Waals surface area (Å²) in [4.78, 5) is 17.3. The van der Waals surface area contributed by atoms with E-state index in [-0.39, 0.29) is 0 Å². The van der Waals surface area contributed by atoms with Crippen LogP contribution in [-0.4, -0.2) is 23.9 Å². The molecule has 108 valence electrons. The summed E-state index contributed by atoms with van der Waals surface area (Å²) in [6.45, 7) is 2.01. The van der Waals surface area contributed by atoms with E-state index in [1.807, 2.05) is 0 Å². The number of amides is 1. The molecule has 0 aromatic carbocycles. The molecule has 1 aromatic rings. The summed E-state index contributed by atoms with van der Waals surface area (Å²) >= 11 is 1.76. The van der Waals surface area contributed by atoms with Crippen molar-refractivity contribution in [2.24, 2.45) is 11.8 Å². The zero-order valence-electron chi connectivity index (χ0n) is 12.1. The van der Waals surface area contributed by atoms with E-state index in [0.717, 1.165) is 29.8 Å². The number of thiophene rings is 1. The topological polar surface area (TPSA) is 20.3 Å². The minimum absolute atomic E-state index is 0.313. The molecule has 3 aliphatic rings. The molecule has 20 heavy (non-hydrogen) atoms. The molecular weight excluding hydrogens is 266 g/mol. The van der Waals surface area contributed by atoms with Crippen LogP contribution in [0.15, 0.2) is 6.07 Å². The second-order valence-electron chi connectivity index (χ2n) is 6.76. The Morgan fingerprint density at radius 2 is 1.95 bits per heavy atom. The highest BCUT2D eigenvalue weighted by molar-refractivity contribution is 7.14. The number of carbonyl (C=O) groups excluding carboxylic acids is 1. The van der Waals surface area contributed by atoms with Gasteiger partial charge in [0, 0.05) is 18.0 Å². The second-order valence-corrected chi connectivity index (χ2v) is 7.89. The van der Waals surface area contributed by atoms with E-state index in [9.17, 15) is 4.79 Å². The minimum Gasteiger partial charge on any atom is -0.338 e. The number of fused-ring (bicyclic) bond motifs is 2. The summed E-state index contributed by atoms with van der Waals surface area (Å²) in [7, 11) is 0. The summed E-state index contributed by atoms with van der Waals surface area (Å²) in [6, 6.07) is 2.18. The van der Waals surface area contributed by atoms with E-state index in [0.29, 0.717) is 5.91 Å². The molecule has 2 atom stereocenters. The fourth-order valence-electron chi connectivity index (χ4n) is 4.38. The molecule has 1 amide bonds. The predicted molar refractivity (Wildman–Crippen MR) is 82.3 cm³/mol. The predicted octanol–water partition coefficient (Wildman–Crippen LogP) is 3.89. The summed E-state index contributed by atoms with van der Waals surface area (Å²) in [5.41, 5.74) is 1.45. The third kappa shape index (κ3) is 2.20. The van der Waals surface area contributed by atoms with Crippen molar-refractivity contribution in [3.63, 3.8) is 0 Å². The first kappa shape index (κ1) is 12.9. The van der Waals surface area contributed by atoms with E-state index in [4.69, 9.17) is 0 Å². The fraction of sp³-hybridized carbons (Fsp3) is 0.706. The molecule has 2 heterocycles. The Morgan fingerprint density at radius 3 is 2.80 bits per heavy atom. The summed E-state index contributed by atoms with van der Waals surface area (Å²) in [6.07, 6.45) is 10.4. The summed E-state index contributed by atoms with van der Waals surface area (Å²) in [5.74, 6) is 2.00. The van der Waals surface area contributed by atoms with Crippen molar-refractivity contribution >= 4 is 17.2 Å².